The Morgan fingerprint density at radius 2 is 2.10 bits per heavy atom. The number of nitrogens with one attached hydrogen (secondary N) is 1. The Labute approximate surface area is 128 Å². The lowest BCUT2D eigenvalue weighted by Crippen LogP contribution is -2.38. The third-order valence-electron chi connectivity index (χ3n) is 4.70. The Kier molecular flexibility index (Phi) is 3.65. The summed E-state index contributed by atoms with van der Waals surface area (Å²) in [5.41, 5.74) is 0.633. The molecule has 1 N–H and O–H groups in total. The summed E-state index contributed by atoms with van der Waals surface area (Å²) in [5.74, 6) is 1.30. The second-order valence-corrected chi connectivity index (χ2v) is 7.63. The van der Waals surface area contributed by atoms with Gasteiger partial charge >= 0.3 is 0 Å². The van der Waals surface area contributed by atoms with Crippen LogP contribution in [-0.4, -0.2) is 15.3 Å². The minimum atomic E-state index is -0.0304. The molecule has 2 saturated carbocycles. The molecule has 0 bridgehead atoms. The first-order valence-electron chi connectivity index (χ1n) is 7.51. The van der Waals surface area contributed by atoms with Crippen molar-refractivity contribution in [2.75, 3.05) is 5.32 Å². The summed E-state index contributed by atoms with van der Waals surface area (Å²) in [5, 5.41) is 7.71. The van der Waals surface area contributed by atoms with Gasteiger partial charge in [-0.1, -0.05) is 6.42 Å². The van der Waals surface area contributed by atoms with E-state index in [0.29, 0.717) is 17.5 Å². The Morgan fingerprint density at radius 3 is 2.65 bits per heavy atom. The molecule has 0 saturated heterocycles. The van der Waals surface area contributed by atoms with Gasteiger partial charge in [-0.05, 0) is 67.3 Å². The van der Waals surface area contributed by atoms with Gasteiger partial charge in [-0.15, -0.1) is 0 Å². The van der Waals surface area contributed by atoms with E-state index in [0.717, 1.165) is 11.0 Å². The van der Waals surface area contributed by atoms with Crippen LogP contribution in [0.3, 0.4) is 0 Å². The molecule has 2 aliphatic carbocycles. The van der Waals surface area contributed by atoms with Crippen LogP contribution in [-0.2, 0) is 6.54 Å². The zero-order valence-corrected chi connectivity index (χ0v) is 13.7. The Bertz CT molecular complexity index is 559. The van der Waals surface area contributed by atoms with Crippen molar-refractivity contribution in [1.82, 2.24) is 9.78 Å². The van der Waals surface area contributed by atoms with E-state index in [-0.39, 0.29) is 11.1 Å². The maximum Gasteiger partial charge on any atom is 0.291 e. The topological polar surface area (TPSA) is 46.9 Å². The molecule has 20 heavy (non-hydrogen) atoms. The Balaban J connectivity index is 1.84. The summed E-state index contributed by atoms with van der Waals surface area (Å²) in [7, 11) is 0. The summed E-state index contributed by atoms with van der Waals surface area (Å²) in [6, 6.07) is 0. The van der Waals surface area contributed by atoms with Crippen molar-refractivity contribution >= 4 is 21.6 Å². The standard InChI is InChI=1S/C15H22BrN3O/c1-15(2,11-6-7-11)18-13-12(16)8-17-19(14(13)20)9-10-4-3-5-10/h8,10-11,18H,3-7,9H2,1-2H3. The highest BCUT2D eigenvalue weighted by atomic mass is 79.9. The molecular formula is C15H22BrN3O. The zero-order valence-electron chi connectivity index (χ0n) is 12.2. The minimum absolute atomic E-state index is 0. The molecule has 1 heterocycles. The molecule has 0 aliphatic heterocycles. The van der Waals surface area contributed by atoms with Crippen LogP contribution in [0.25, 0.3) is 0 Å². The maximum absolute atomic E-state index is 12.6. The van der Waals surface area contributed by atoms with Crippen molar-refractivity contribution in [3.05, 3.63) is 21.0 Å². The van der Waals surface area contributed by atoms with E-state index >= 15 is 0 Å². The van der Waals surface area contributed by atoms with Gasteiger partial charge in [0.15, 0.2) is 0 Å². The lowest BCUT2D eigenvalue weighted by molar-refractivity contribution is 0.261. The normalized spacial score (nSPS) is 19.8. The molecule has 110 valence electrons. The van der Waals surface area contributed by atoms with Crippen LogP contribution in [0.5, 0.6) is 0 Å². The predicted molar refractivity (Wildman–Crippen MR) is 84.0 cm³/mol. The number of rotatable bonds is 5. The van der Waals surface area contributed by atoms with Crippen molar-refractivity contribution in [1.29, 1.82) is 0 Å². The number of aromatic nitrogens is 2. The third-order valence-corrected chi connectivity index (χ3v) is 5.30. The van der Waals surface area contributed by atoms with E-state index in [1.54, 1.807) is 10.9 Å². The third kappa shape index (κ3) is 2.78. The van der Waals surface area contributed by atoms with E-state index < -0.39 is 0 Å². The smallest absolute Gasteiger partial charge is 0.291 e. The average molecular weight is 340 g/mol. The fraction of sp³-hybridized carbons (Fsp3) is 0.733. The highest BCUT2D eigenvalue weighted by Crippen LogP contribution is 2.41. The molecule has 0 aromatic carbocycles. The van der Waals surface area contributed by atoms with Crippen LogP contribution in [0.15, 0.2) is 15.5 Å². The van der Waals surface area contributed by atoms with Gasteiger partial charge in [0.1, 0.15) is 5.69 Å². The monoisotopic (exact) mass is 339 g/mol. The van der Waals surface area contributed by atoms with Crippen LogP contribution < -0.4 is 10.9 Å². The first-order valence-corrected chi connectivity index (χ1v) is 8.30. The summed E-state index contributed by atoms with van der Waals surface area (Å²) in [6.45, 7) is 5.10. The number of hydrogen-bond donors (Lipinski definition) is 1. The van der Waals surface area contributed by atoms with Crippen LogP contribution >= 0.6 is 15.9 Å². The SMILES string of the molecule is CC(C)(Nc1c(Br)cnn(CC2CCC2)c1=O)C1CC1. The lowest BCUT2D eigenvalue weighted by Gasteiger charge is -2.29. The largest absolute Gasteiger partial charge is 0.374 e. The molecule has 3 rings (SSSR count). The zero-order chi connectivity index (χ0) is 14.3. The molecule has 0 amide bonds. The van der Waals surface area contributed by atoms with E-state index in [2.05, 4.69) is 40.2 Å². The number of halogens is 1. The molecule has 2 fully saturated rings. The van der Waals surface area contributed by atoms with Crippen molar-refractivity contribution in [2.45, 2.75) is 58.0 Å². The fourth-order valence-corrected chi connectivity index (χ4v) is 3.22. The fourth-order valence-electron chi connectivity index (χ4n) is 2.86. The highest BCUT2D eigenvalue weighted by Gasteiger charge is 2.38. The van der Waals surface area contributed by atoms with Gasteiger partial charge in [-0.3, -0.25) is 4.79 Å². The van der Waals surface area contributed by atoms with Crippen molar-refractivity contribution in [3.8, 4) is 0 Å². The number of hydrogen-bond acceptors (Lipinski definition) is 3. The van der Waals surface area contributed by atoms with Gasteiger partial charge in [0.25, 0.3) is 5.56 Å². The van der Waals surface area contributed by atoms with E-state index in [9.17, 15) is 4.79 Å². The van der Waals surface area contributed by atoms with E-state index in [4.69, 9.17) is 0 Å². The van der Waals surface area contributed by atoms with Crippen molar-refractivity contribution < 1.29 is 0 Å². The van der Waals surface area contributed by atoms with Crippen LogP contribution in [0.2, 0.25) is 0 Å². The van der Waals surface area contributed by atoms with Gasteiger partial charge in [0.05, 0.1) is 10.7 Å². The van der Waals surface area contributed by atoms with Crippen LogP contribution in [0.4, 0.5) is 5.69 Å². The molecular weight excluding hydrogens is 318 g/mol. The molecule has 4 nitrogen and oxygen atoms in total. The summed E-state index contributed by atoms with van der Waals surface area (Å²) in [4.78, 5) is 12.6. The van der Waals surface area contributed by atoms with Crippen LogP contribution in [0, 0.1) is 11.8 Å². The molecule has 0 unspecified atom stereocenters. The second kappa shape index (κ2) is 5.17. The molecule has 0 radical (unpaired) electrons. The van der Waals surface area contributed by atoms with Gasteiger partial charge in [-0.25, -0.2) is 4.68 Å². The molecule has 2 aliphatic rings. The molecule has 1 aromatic heterocycles. The van der Waals surface area contributed by atoms with Gasteiger partial charge < -0.3 is 5.32 Å². The molecule has 5 heteroatoms. The molecule has 0 atom stereocenters. The minimum Gasteiger partial charge on any atom is -0.374 e. The maximum atomic E-state index is 12.6. The summed E-state index contributed by atoms with van der Waals surface area (Å²) in [6.07, 6.45) is 7.97. The Morgan fingerprint density at radius 1 is 1.40 bits per heavy atom. The first-order chi connectivity index (χ1) is 9.47. The summed E-state index contributed by atoms with van der Waals surface area (Å²) >= 11 is 3.46. The van der Waals surface area contributed by atoms with E-state index in [1.807, 2.05) is 0 Å². The van der Waals surface area contributed by atoms with E-state index in [1.165, 1.54) is 32.1 Å². The quantitative estimate of drug-likeness (QED) is 0.894. The molecule has 1 aromatic rings. The van der Waals surface area contributed by atoms with Gasteiger partial charge in [-0.2, -0.15) is 5.10 Å². The highest BCUT2D eigenvalue weighted by molar-refractivity contribution is 9.10. The summed E-state index contributed by atoms with van der Waals surface area (Å²) < 4.78 is 2.39. The van der Waals surface area contributed by atoms with Crippen molar-refractivity contribution in [3.63, 3.8) is 0 Å². The Hall–Kier alpha value is -0.840. The molecule has 0 spiro atoms. The predicted octanol–water partition coefficient (Wildman–Crippen LogP) is 3.41. The van der Waals surface area contributed by atoms with Gasteiger partial charge in [0, 0.05) is 12.1 Å². The second-order valence-electron chi connectivity index (χ2n) is 6.77. The number of nitrogens with zero attached hydrogens (tertiary/aromatic N) is 2. The van der Waals surface area contributed by atoms with Crippen molar-refractivity contribution in [2.24, 2.45) is 11.8 Å². The average Bonchev–Trinajstić information content (AvgIpc) is 3.15. The first kappa shape index (κ1) is 14.1. The van der Waals surface area contributed by atoms with Gasteiger partial charge in [0.2, 0.25) is 0 Å². The lowest BCUT2D eigenvalue weighted by atomic mass is 9.85. The van der Waals surface area contributed by atoms with Crippen LogP contribution in [0.1, 0.15) is 46.0 Å². The number of anilines is 1.